The van der Waals surface area contributed by atoms with Gasteiger partial charge in [0.2, 0.25) is 5.91 Å². The van der Waals surface area contributed by atoms with E-state index in [1.165, 1.54) is 0 Å². The molecule has 0 saturated carbocycles. The van der Waals surface area contributed by atoms with E-state index in [9.17, 15) is 9.59 Å². The number of amides is 1. The summed E-state index contributed by atoms with van der Waals surface area (Å²) in [6.45, 7) is 6.73. The van der Waals surface area contributed by atoms with E-state index in [1.54, 1.807) is 4.57 Å². The fourth-order valence-corrected chi connectivity index (χ4v) is 4.52. The first kappa shape index (κ1) is 24.4. The highest BCUT2D eigenvalue weighted by atomic mass is 16.2. The maximum Gasteiger partial charge on any atom is 0.266 e. The van der Waals surface area contributed by atoms with Crippen molar-refractivity contribution in [3.8, 4) is 5.69 Å². The Hall–Kier alpha value is -3.73. The number of carbonyl (C=O) groups is 1. The molecule has 0 spiro atoms. The van der Waals surface area contributed by atoms with Gasteiger partial charge in [-0.3, -0.25) is 14.2 Å². The van der Waals surface area contributed by atoms with Gasteiger partial charge in [0.1, 0.15) is 5.82 Å². The van der Waals surface area contributed by atoms with Crippen molar-refractivity contribution in [3.63, 3.8) is 0 Å². The van der Waals surface area contributed by atoms with Crippen molar-refractivity contribution >= 4 is 16.8 Å². The SMILES string of the molecule is CCCCN(C(=O)CCc1ccccc1)C(C)c1nc2ccccc2c(=O)n1-c1ccccc1C. The average molecular weight is 468 g/mol. The van der Waals surface area contributed by atoms with E-state index in [2.05, 4.69) is 6.92 Å². The third-order valence-corrected chi connectivity index (χ3v) is 6.54. The molecule has 1 aromatic heterocycles. The van der Waals surface area contributed by atoms with Crippen LogP contribution >= 0.6 is 0 Å². The summed E-state index contributed by atoms with van der Waals surface area (Å²) in [7, 11) is 0. The molecule has 0 saturated heterocycles. The van der Waals surface area contributed by atoms with Crippen molar-refractivity contribution in [2.24, 2.45) is 0 Å². The van der Waals surface area contributed by atoms with Crippen LogP contribution in [0, 0.1) is 6.92 Å². The second kappa shape index (κ2) is 11.1. The second-order valence-corrected chi connectivity index (χ2v) is 9.02. The summed E-state index contributed by atoms with van der Waals surface area (Å²) in [6, 6.07) is 25.0. The summed E-state index contributed by atoms with van der Waals surface area (Å²) in [5.74, 6) is 0.667. The lowest BCUT2D eigenvalue weighted by Crippen LogP contribution is -2.38. The molecule has 4 rings (SSSR count). The molecular weight excluding hydrogens is 434 g/mol. The molecule has 1 amide bonds. The summed E-state index contributed by atoms with van der Waals surface area (Å²) in [6.07, 6.45) is 2.97. The molecule has 0 N–H and O–H groups in total. The Bertz CT molecular complexity index is 1360. The topological polar surface area (TPSA) is 55.2 Å². The first-order chi connectivity index (χ1) is 17.0. The molecule has 0 fully saturated rings. The number of rotatable bonds is 9. The lowest BCUT2D eigenvalue weighted by molar-refractivity contribution is -0.133. The predicted molar refractivity (Wildman–Crippen MR) is 142 cm³/mol. The maximum absolute atomic E-state index is 13.7. The first-order valence-corrected chi connectivity index (χ1v) is 12.4. The van der Waals surface area contributed by atoms with E-state index in [0.29, 0.717) is 36.1 Å². The number of hydrogen-bond donors (Lipinski definition) is 0. The minimum atomic E-state index is -0.360. The van der Waals surface area contributed by atoms with Crippen LogP contribution in [0.3, 0.4) is 0 Å². The van der Waals surface area contributed by atoms with E-state index >= 15 is 0 Å². The van der Waals surface area contributed by atoms with Crippen LogP contribution in [-0.2, 0) is 11.2 Å². The Morgan fingerprint density at radius 3 is 2.40 bits per heavy atom. The smallest absolute Gasteiger partial charge is 0.266 e. The van der Waals surface area contributed by atoms with E-state index in [-0.39, 0.29) is 17.5 Å². The predicted octanol–water partition coefficient (Wildman–Crippen LogP) is 6.02. The number of para-hydroxylation sites is 2. The van der Waals surface area contributed by atoms with Gasteiger partial charge in [0.25, 0.3) is 5.56 Å². The Morgan fingerprint density at radius 1 is 0.971 bits per heavy atom. The lowest BCUT2D eigenvalue weighted by Gasteiger charge is -2.31. The van der Waals surface area contributed by atoms with Gasteiger partial charge in [0.15, 0.2) is 0 Å². The highest BCUT2D eigenvalue weighted by molar-refractivity contribution is 5.79. The van der Waals surface area contributed by atoms with Crippen LogP contribution in [0.4, 0.5) is 0 Å². The zero-order chi connectivity index (χ0) is 24.8. The van der Waals surface area contributed by atoms with Crippen LogP contribution in [0.2, 0.25) is 0 Å². The molecule has 0 aliphatic heterocycles. The third-order valence-electron chi connectivity index (χ3n) is 6.54. The largest absolute Gasteiger partial charge is 0.333 e. The fraction of sp³-hybridized carbons (Fsp3) is 0.300. The highest BCUT2D eigenvalue weighted by Gasteiger charge is 2.26. The summed E-state index contributed by atoms with van der Waals surface area (Å²) in [5.41, 5.74) is 3.46. The van der Waals surface area contributed by atoms with Gasteiger partial charge in [-0.1, -0.05) is 74.0 Å². The standard InChI is InChI=1S/C30H33N3O2/c1-4-5-21-32(28(34)20-19-24-14-7-6-8-15-24)23(3)29-31-26-17-11-10-16-25(26)30(35)33(29)27-18-12-9-13-22(27)2/h6-18,23H,4-5,19-21H2,1-3H3. The van der Waals surface area contributed by atoms with Crippen LogP contribution in [0.25, 0.3) is 16.6 Å². The van der Waals surface area contributed by atoms with Gasteiger partial charge < -0.3 is 4.90 Å². The number of aryl methyl sites for hydroxylation is 2. The molecule has 1 unspecified atom stereocenters. The van der Waals surface area contributed by atoms with Gasteiger partial charge in [-0.15, -0.1) is 0 Å². The number of fused-ring (bicyclic) bond motifs is 1. The van der Waals surface area contributed by atoms with Crippen molar-refractivity contribution in [1.82, 2.24) is 14.5 Å². The van der Waals surface area contributed by atoms with Gasteiger partial charge in [-0.05, 0) is 56.0 Å². The third kappa shape index (κ3) is 5.35. The monoisotopic (exact) mass is 467 g/mol. The van der Waals surface area contributed by atoms with Crippen molar-refractivity contribution in [2.45, 2.75) is 52.5 Å². The maximum atomic E-state index is 13.7. The number of hydrogen-bond acceptors (Lipinski definition) is 3. The van der Waals surface area contributed by atoms with Crippen molar-refractivity contribution in [2.75, 3.05) is 6.54 Å². The van der Waals surface area contributed by atoms with Gasteiger partial charge >= 0.3 is 0 Å². The Morgan fingerprint density at radius 2 is 1.66 bits per heavy atom. The number of aromatic nitrogens is 2. The Balaban J connectivity index is 1.78. The van der Waals surface area contributed by atoms with Crippen LogP contribution in [0.5, 0.6) is 0 Å². The summed E-state index contributed by atoms with van der Waals surface area (Å²) in [4.78, 5) is 34.1. The van der Waals surface area contributed by atoms with Crippen molar-refractivity contribution in [3.05, 3.63) is 106 Å². The van der Waals surface area contributed by atoms with Crippen LogP contribution in [0.1, 0.15) is 56.1 Å². The molecule has 4 aromatic rings. The number of nitrogens with zero attached hydrogens (tertiary/aromatic N) is 3. The highest BCUT2D eigenvalue weighted by Crippen LogP contribution is 2.25. The number of benzene rings is 3. The average Bonchev–Trinajstić information content (AvgIpc) is 2.89. The molecule has 1 heterocycles. The molecule has 0 bridgehead atoms. The zero-order valence-corrected chi connectivity index (χ0v) is 20.8. The molecule has 0 aliphatic rings. The minimum Gasteiger partial charge on any atom is -0.333 e. The number of carbonyl (C=O) groups excluding carboxylic acids is 1. The van der Waals surface area contributed by atoms with Gasteiger partial charge in [-0.25, -0.2) is 4.98 Å². The summed E-state index contributed by atoms with van der Waals surface area (Å²) < 4.78 is 1.70. The zero-order valence-electron chi connectivity index (χ0n) is 20.8. The Kier molecular flexibility index (Phi) is 7.76. The fourth-order valence-electron chi connectivity index (χ4n) is 4.52. The normalized spacial score (nSPS) is 12.0. The summed E-state index contributed by atoms with van der Waals surface area (Å²) >= 11 is 0. The van der Waals surface area contributed by atoms with E-state index < -0.39 is 0 Å². The van der Waals surface area contributed by atoms with Gasteiger partial charge in [-0.2, -0.15) is 0 Å². The number of unbranched alkanes of at least 4 members (excludes halogenated alkanes) is 1. The molecule has 180 valence electrons. The Labute approximate surface area is 207 Å². The quantitative estimate of drug-likeness (QED) is 0.303. The molecule has 0 aliphatic carbocycles. The van der Waals surface area contributed by atoms with Gasteiger partial charge in [0, 0.05) is 13.0 Å². The molecule has 1 atom stereocenters. The molecule has 5 heteroatoms. The summed E-state index contributed by atoms with van der Waals surface area (Å²) in [5, 5.41) is 0.571. The van der Waals surface area contributed by atoms with Crippen molar-refractivity contribution in [1.29, 1.82) is 0 Å². The van der Waals surface area contributed by atoms with Crippen LogP contribution in [-0.4, -0.2) is 26.9 Å². The molecule has 0 radical (unpaired) electrons. The van der Waals surface area contributed by atoms with E-state index in [4.69, 9.17) is 4.98 Å². The minimum absolute atomic E-state index is 0.0774. The molecule has 35 heavy (non-hydrogen) atoms. The first-order valence-electron chi connectivity index (χ1n) is 12.4. The lowest BCUT2D eigenvalue weighted by atomic mass is 10.1. The van der Waals surface area contributed by atoms with Crippen LogP contribution in [0.15, 0.2) is 83.7 Å². The molecular formula is C30H33N3O2. The van der Waals surface area contributed by atoms with E-state index in [1.807, 2.05) is 97.6 Å². The van der Waals surface area contributed by atoms with E-state index in [0.717, 1.165) is 29.7 Å². The molecule has 5 nitrogen and oxygen atoms in total. The van der Waals surface area contributed by atoms with Gasteiger partial charge in [0.05, 0.1) is 22.6 Å². The molecule has 3 aromatic carbocycles. The van der Waals surface area contributed by atoms with Crippen LogP contribution < -0.4 is 5.56 Å². The second-order valence-electron chi connectivity index (χ2n) is 9.02. The van der Waals surface area contributed by atoms with Crippen molar-refractivity contribution < 1.29 is 4.79 Å².